The van der Waals surface area contributed by atoms with E-state index in [0.717, 1.165) is 39.4 Å². The number of rotatable bonds is 3. The number of benzene rings is 1. The van der Waals surface area contributed by atoms with Crippen LogP contribution >= 0.6 is 11.6 Å². The lowest BCUT2D eigenvalue weighted by Crippen LogP contribution is -2.02. The van der Waals surface area contributed by atoms with Crippen LogP contribution in [0.2, 0.25) is 5.02 Å². The van der Waals surface area contributed by atoms with Crippen LogP contribution in [-0.4, -0.2) is 11.5 Å². The van der Waals surface area contributed by atoms with E-state index in [4.69, 9.17) is 11.6 Å². The molecule has 0 saturated carbocycles. The molecule has 1 N–H and O–H groups in total. The van der Waals surface area contributed by atoms with Crippen molar-refractivity contribution in [2.24, 2.45) is 0 Å². The Morgan fingerprint density at radius 2 is 2.00 bits per heavy atom. The van der Waals surface area contributed by atoms with E-state index in [1.54, 1.807) is 0 Å². The number of pyridine rings is 1. The van der Waals surface area contributed by atoms with Gasteiger partial charge in [0.05, 0.1) is 10.5 Å². The predicted molar refractivity (Wildman–Crippen MR) is 79.7 cm³/mol. The number of nitrogens with one attached hydrogen (secondary N) is 1. The van der Waals surface area contributed by atoms with Gasteiger partial charge in [0.2, 0.25) is 0 Å². The highest BCUT2D eigenvalue weighted by atomic mass is 35.5. The number of aryl methyl sites for hydroxylation is 1. The molecule has 0 amide bonds. The standard InChI is InChI=1S/C15H19ClN2/c1-5-17-14-8-13(9(2)3)18-15-11(14)6-10(4)7-12(15)16/h6-9H,5H2,1-4H3,(H,17,18). The molecule has 0 aliphatic heterocycles. The van der Waals surface area contributed by atoms with E-state index in [-0.39, 0.29) is 0 Å². The van der Waals surface area contributed by atoms with Crippen LogP contribution in [0.4, 0.5) is 5.69 Å². The highest BCUT2D eigenvalue weighted by molar-refractivity contribution is 6.35. The summed E-state index contributed by atoms with van der Waals surface area (Å²) < 4.78 is 0. The second-order valence-corrected chi connectivity index (χ2v) is 5.33. The fourth-order valence-corrected chi connectivity index (χ4v) is 2.39. The number of aromatic nitrogens is 1. The first-order valence-electron chi connectivity index (χ1n) is 6.37. The normalized spacial score (nSPS) is 11.2. The Labute approximate surface area is 113 Å². The van der Waals surface area contributed by atoms with Crippen LogP contribution in [0.1, 0.15) is 37.9 Å². The van der Waals surface area contributed by atoms with Crippen LogP contribution in [0, 0.1) is 6.92 Å². The number of nitrogens with zero attached hydrogens (tertiary/aromatic N) is 1. The lowest BCUT2D eigenvalue weighted by molar-refractivity contribution is 0.830. The van der Waals surface area contributed by atoms with E-state index in [1.807, 2.05) is 6.07 Å². The minimum absolute atomic E-state index is 0.393. The van der Waals surface area contributed by atoms with Gasteiger partial charge >= 0.3 is 0 Å². The van der Waals surface area contributed by atoms with Crippen molar-refractivity contribution in [2.45, 2.75) is 33.6 Å². The molecule has 1 aromatic heterocycles. The largest absolute Gasteiger partial charge is 0.385 e. The Morgan fingerprint density at radius 1 is 1.28 bits per heavy atom. The zero-order valence-electron chi connectivity index (χ0n) is 11.3. The first-order chi connectivity index (χ1) is 8.52. The lowest BCUT2D eigenvalue weighted by Gasteiger charge is -2.14. The van der Waals surface area contributed by atoms with Gasteiger partial charge in [0.1, 0.15) is 0 Å². The zero-order valence-corrected chi connectivity index (χ0v) is 12.1. The third kappa shape index (κ3) is 2.44. The minimum atomic E-state index is 0.393. The molecular formula is C15H19ClN2. The Morgan fingerprint density at radius 3 is 2.61 bits per heavy atom. The summed E-state index contributed by atoms with van der Waals surface area (Å²) in [5, 5.41) is 5.23. The van der Waals surface area contributed by atoms with Gasteiger partial charge in [-0.1, -0.05) is 25.4 Å². The fourth-order valence-electron chi connectivity index (χ4n) is 2.07. The van der Waals surface area contributed by atoms with E-state index in [9.17, 15) is 0 Å². The molecule has 0 atom stereocenters. The monoisotopic (exact) mass is 262 g/mol. The van der Waals surface area contributed by atoms with Gasteiger partial charge in [-0.3, -0.25) is 4.98 Å². The van der Waals surface area contributed by atoms with Crippen LogP contribution in [0.5, 0.6) is 0 Å². The van der Waals surface area contributed by atoms with Gasteiger partial charge in [-0.25, -0.2) is 0 Å². The summed E-state index contributed by atoms with van der Waals surface area (Å²) in [6.45, 7) is 9.33. The van der Waals surface area contributed by atoms with Crippen molar-refractivity contribution in [3.05, 3.63) is 34.5 Å². The molecule has 0 fully saturated rings. The van der Waals surface area contributed by atoms with Crippen LogP contribution in [0.15, 0.2) is 18.2 Å². The summed E-state index contributed by atoms with van der Waals surface area (Å²) in [7, 11) is 0. The second-order valence-electron chi connectivity index (χ2n) is 4.92. The van der Waals surface area contributed by atoms with Crippen molar-refractivity contribution in [3.8, 4) is 0 Å². The first kappa shape index (κ1) is 13.2. The summed E-state index contributed by atoms with van der Waals surface area (Å²) in [4.78, 5) is 4.69. The maximum atomic E-state index is 6.32. The van der Waals surface area contributed by atoms with Crippen LogP contribution in [0.3, 0.4) is 0 Å². The molecule has 18 heavy (non-hydrogen) atoms. The molecule has 96 valence electrons. The van der Waals surface area contributed by atoms with Crippen molar-refractivity contribution >= 4 is 28.2 Å². The summed E-state index contributed by atoms with van der Waals surface area (Å²) in [6.07, 6.45) is 0. The highest BCUT2D eigenvalue weighted by Crippen LogP contribution is 2.31. The van der Waals surface area contributed by atoms with E-state index in [0.29, 0.717) is 5.92 Å². The number of hydrogen-bond donors (Lipinski definition) is 1. The molecule has 3 heteroatoms. The summed E-state index contributed by atoms with van der Waals surface area (Å²) in [6, 6.07) is 6.24. The third-order valence-electron chi connectivity index (χ3n) is 2.99. The topological polar surface area (TPSA) is 24.9 Å². The molecule has 0 spiro atoms. The van der Waals surface area contributed by atoms with Gasteiger partial charge in [0, 0.05) is 23.3 Å². The van der Waals surface area contributed by atoms with Gasteiger partial charge in [0.25, 0.3) is 0 Å². The van der Waals surface area contributed by atoms with Crippen molar-refractivity contribution in [3.63, 3.8) is 0 Å². The van der Waals surface area contributed by atoms with Gasteiger partial charge in [0.15, 0.2) is 0 Å². The predicted octanol–water partition coefficient (Wildman–Crippen LogP) is 4.75. The van der Waals surface area contributed by atoms with Gasteiger partial charge in [-0.15, -0.1) is 0 Å². The molecule has 0 aliphatic carbocycles. The molecule has 0 unspecified atom stereocenters. The smallest absolute Gasteiger partial charge is 0.0912 e. The molecule has 1 aromatic carbocycles. The van der Waals surface area contributed by atoms with Crippen LogP contribution in [-0.2, 0) is 0 Å². The highest BCUT2D eigenvalue weighted by Gasteiger charge is 2.11. The molecule has 0 saturated heterocycles. The quantitative estimate of drug-likeness (QED) is 0.863. The van der Waals surface area contributed by atoms with E-state index < -0.39 is 0 Å². The average Bonchev–Trinajstić information content (AvgIpc) is 2.29. The number of halogens is 1. The van der Waals surface area contributed by atoms with Gasteiger partial charge < -0.3 is 5.32 Å². The maximum Gasteiger partial charge on any atom is 0.0912 e. The Hall–Kier alpha value is -1.28. The maximum absolute atomic E-state index is 6.32. The Bertz CT molecular complexity index is 576. The Kier molecular flexibility index (Phi) is 3.76. The van der Waals surface area contributed by atoms with Crippen LogP contribution in [0.25, 0.3) is 10.9 Å². The molecule has 2 nitrogen and oxygen atoms in total. The molecule has 1 heterocycles. The fraction of sp³-hybridized carbons (Fsp3) is 0.400. The molecule has 0 aliphatic rings. The summed E-state index contributed by atoms with van der Waals surface area (Å²) in [5.74, 6) is 0.393. The summed E-state index contributed by atoms with van der Waals surface area (Å²) >= 11 is 6.32. The molecule has 0 radical (unpaired) electrons. The lowest BCUT2D eigenvalue weighted by atomic mass is 10.0. The molecular weight excluding hydrogens is 244 g/mol. The van der Waals surface area contributed by atoms with Crippen molar-refractivity contribution in [1.82, 2.24) is 4.98 Å². The van der Waals surface area contributed by atoms with E-state index >= 15 is 0 Å². The van der Waals surface area contributed by atoms with Gasteiger partial charge in [-0.05, 0) is 43.5 Å². The SMILES string of the molecule is CCNc1cc(C(C)C)nc2c(Cl)cc(C)cc12. The van der Waals surface area contributed by atoms with Crippen LogP contribution < -0.4 is 5.32 Å². The van der Waals surface area contributed by atoms with E-state index in [1.165, 1.54) is 0 Å². The second kappa shape index (κ2) is 5.15. The molecule has 0 bridgehead atoms. The van der Waals surface area contributed by atoms with E-state index in [2.05, 4.69) is 50.1 Å². The third-order valence-corrected chi connectivity index (χ3v) is 3.28. The molecule has 2 rings (SSSR count). The average molecular weight is 263 g/mol. The number of anilines is 1. The van der Waals surface area contributed by atoms with Crippen molar-refractivity contribution in [2.75, 3.05) is 11.9 Å². The van der Waals surface area contributed by atoms with Crippen molar-refractivity contribution < 1.29 is 0 Å². The first-order valence-corrected chi connectivity index (χ1v) is 6.75. The number of hydrogen-bond acceptors (Lipinski definition) is 2. The number of fused-ring (bicyclic) bond motifs is 1. The zero-order chi connectivity index (χ0) is 13.3. The summed E-state index contributed by atoms with van der Waals surface area (Å²) in [5.41, 5.74) is 4.25. The van der Waals surface area contributed by atoms with Crippen molar-refractivity contribution in [1.29, 1.82) is 0 Å². The van der Waals surface area contributed by atoms with Gasteiger partial charge in [-0.2, -0.15) is 0 Å². The minimum Gasteiger partial charge on any atom is -0.385 e. The Balaban J connectivity index is 2.76. The molecule has 2 aromatic rings.